The zero-order valence-corrected chi connectivity index (χ0v) is 18.4. The molecular formula is C25H33NO5. The molecule has 1 amide bonds. The van der Waals surface area contributed by atoms with Crippen LogP contribution in [0.2, 0.25) is 0 Å². The van der Waals surface area contributed by atoms with E-state index in [0.29, 0.717) is 37.3 Å². The van der Waals surface area contributed by atoms with Crippen molar-refractivity contribution in [1.29, 1.82) is 0 Å². The Bertz CT molecular complexity index is 844. The van der Waals surface area contributed by atoms with E-state index >= 15 is 0 Å². The number of rotatable bonds is 11. The van der Waals surface area contributed by atoms with Gasteiger partial charge in [-0.3, -0.25) is 4.79 Å². The number of ether oxygens (including phenoxy) is 2. The first kappa shape index (κ1) is 23.3. The van der Waals surface area contributed by atoms with Crippen molar-refractivity contribution in [2.45, 2.75) is 38.3 Å². The van der Waals surface area contributed by atoms with E-state index in [0.717, 1.165) is 17.5 Å². The molecule has 1 aromatic rings. The number of fused-ring (bicyclic) bond motifs is 1. The summed E-state index contributed by atoms with van der Waals surface area (Å²) in [4.78, 5) is 15.3. The van der Waals surface area contributed by atoms with Crippen LogP contribution in [-0.4, -0.2) is 66.6 Å². The molecule has 0 aromatic heterocycles. The fourth-order valence-corrected chi connectivity index (χ4v) is 4.07. The van der Waals surface area contributed by atoms with Gasteiger partial charge in [-0.25, -0.2) is 0 Å². The number of methoxy groups -OCH3 is 1. The zero-order chi connectivity index (χ0) is 22.2. The number of carbonyl (C=O) groups is 1. The second-order valence-electron chi connectivity index (χ2n) is 7.91. The lowest BCUT2D eigenvalue weighted by molar-refractivity contribution is -0.127. The van der Waals surface area contributed by atoms with Crippen molar-refractivity contribution in [3.8, 4) is 0 Å². The third-order valence-corrected chi connectivity index (χ3v) is 5.77. The molecule has 6 nitrogen and oxygen atoms in total. The Hall–Kier alpha value is -2.41. The fraction of sp³-hybridized carbons (Fsp3) is 0.480. The summed E-state index contributed by atoms with van der Waals surface area (Å²) in [6.07, 6.45) is 9.21. The minimum absolute atomic E-state index is 0.0263. The Balaban J connectivity index is 1.84. The maximum absolute atomic E-state index is 13.5. The maximum Gasteiger partial charge on any atom is 0.254 e. The van der Waals surface area contributed by atoms with Crippen LogP contribution in [0.4, 0.5) is 0 Å². The van der Waals surface area contributed by atoms with E-state index in [-0.39, 0.29) is 31.1 Å². The molecule has 6 heteroatoms. The first-order valence-electron chi connectivity index (χ1n) is 11.0. The van der Waals surface area contributed by atoms with Crippen molar-refractivity contribution in [3.63, 3.8) is 0 Å². The Labute approximate surface area is 184 Å². The van der Waals surface area contributed by atoms with Crippen molar-refractivity contribution in [2.75, 3.05) is 33.5 Å². The van der Waals surface area contributed by atoms with Gasteiger partial charge in [0.25, 0.3) is 5.91 Å². The van der Waals surface area contributed by atoms with Crippen molar-refractivity contribution < 1.29 is 24.5 Å². The number of aliphatic hydroxyl groups is 2. The van der Waals surface area contributed by atoms with E-state index in [1.165, 1.54) is 0 Å². The fourth-order valence-electron chi connectivity index (χ4n) is 4.07. The van der Waals surface area contributed by atoms with Gasteiger partial charge in [0.15, 0.2) is 0 Å². The van der Waals surface area contributed by atoms with Gasteiger partial charge in [-0.05, 0) is 42.5 Å². The highest BCUT2D eigenvalue weighted by atomic mass is 16.5. The van der Waals surface area contributed by atoms with E-state index in [2.05, 4.69) is 19.1 Å². The summed E-state index contributed by atoms with van der Waals surface area (Å²) in [5.41, 5.74) is 2.84. The summed E-state index contributed by atoms with van der Waals surface area (Å²) >= 11 is 0. The molecule has 2 N–H and O–H groups in total. The van der Waals surface area contributed by atoms with E-state index in [4.69, 9.17) is 9.47 Å². The Kier molecular flexibility index (Phi) is 8.46. The third-order valence-electron chi connectivity index (χ3n) is 5.77. The van der Waals surface area contributed by atoms with Gasteiger partial charge >= 0.3 is 0 Å². The number of benzene rings is 1. The predicted octanol–water partition coefficient (Wildman–Crippen LogP) is 2.71. The van der Waals surface area contributed by atoms with E-state index < -0.39 is 6.10 Å². The average molecular weight is 428 g/mol. The minimum Gasteiger partial charge on any atom is -0.491 e. The highest BCUT2D eigenvalue weighted by Crippen LogP contribution is 2.35. The molecule has 0 fully saturated rings. The molecule has 1 aromatic carbocycles. The van der Waals surface area contributed by atoms with Gasteiger partial charge in [-0.1, -0.05) is 43.3 Å². The summed E-state index contributed by atoms with van der Waals surface area (Å²) in [6.45, 7) is 3.23. The Morgan fingerprint density at radius 2 is 2.03 bits per heavy atom. The number of nitrogens with zero attached hydrogens (tertiary/aromatic N) is 1. The molecule has 0 bridgehead atoms. The third kappa shape index (κ3) is 5.64. The average Bonchev–Trinajstić information content (AvgIpc) is 2.80. The molecule has 0 radical (unpaired) electrons. The normalized spacial score (nSPS) is 21.4. The molecule has 3 atom stereocenters. The minimum atomic E-state index is -0.609. The molecule has 0 saturated carbocycles. The van der Waals surface area contributed by atoms with Crippen LogP contribution in [0, 0.1) is 5.92 Å². The highest BCUT2D eigenvalue weighted by Gasteiger charge is 2.36. The lowest BCUT2D eigenvalue weighted by atomic mass is 9.83. The summed E-state index contributed by atoms with van der Waals surface area (Å²) in [7, 11) is 1.60. The Morgan fingerprint density at radius 1 is 1.23 bits per heavy atom. The van der Waals surface area contributed by atoms with Gasteiger partial charge < -0.3 is 24.6 Å². The highest BCUT2D eigenvalue weighted by molar-refractivity contribution is 6.20. The molecule has 0 saturated heterocycles. The number of aryl methyl sites for hydroxylation is 1. The molecule has 168 valence electrons. The van der Waals surface area contributed by atoms with E-state index in [1.807, 2.05) is 41.3 Å². The van der Waals surface area contributed by atoms with Crippen LogP contribution < -0.4 is 0 Å². The van der Waals surface area contributed by atoms with E-state index in [1.54, 1.807) is 7.11 Å². The number of amides is 1. The number of allylic oxidation sites excluding steroid dienone is 1. The standard InChI is InChI=1S/C25H33NO5/c1-3-18-7-4-5-8-22(18)23-15-19-9-10-21(31-17-20(28)11-14-30-2)16-24(19)26(25(23)29)12-6-13-27/h4-5,7-10,15-16,19-20,24,27-28H,3,6,11-14,17H2,1-2H3. The number of hydrogen-bond donors (Lipinski definition) is 2. The van der Waals surface area contributed by atoms with Gasteiger partial charge in [0.05, 0.1) is 12.1 Å². The molecular weight excluding hydrogens is 394 g/mol. The predicted molar refractivity (Wildman–Crippen MR) is 120 cm³/mol. The molecule has 1 aliphatic carbocycles. The smallest absolute Gasteiger partial charge is 0.254 e. The van der Waals surface area contributed by atoms with Crippen LogP contribution in [0.25, 0.3) is 5.57 Å². The number of aliphatic hydroxyl groups excluding tert-OH is 2. The summed E-state index contributed by atoms with van der Waals surface area (Å²) in [6, 6.07) is 7.85. The maximum atomic E-state index is 13.5. The summed E-state index contributed by atoms with van der Waals surface area (Å²) in [5, 5.41) is 19.4. The second kappa shape index (κ2) is 11.3. The largest absolute Gasteiger partial charge is 0.491 e. The molecule has 0 spiro atoms. The number of carbonyl (C=O) groups excluding carboxylic acids is 1. The van der Waals surface area contributed by atoms with Crippen molar-refractivity contribution >= 4 is 11.5 Å². The molecule has 1 aliphatic heterocycles. The van der Waals surface area contributed by atoms with Crippen LogP contribution >= 0.6 is 0 Å². The molecule has 2 aliphatic rings. The van der Waals surface area contributed by atoms with Gasteiger partial charge in [0.1, 0.15) is 12.4 Å². The SMILES string of the molecule is CCc1ccccc1C1=CC2C=CC(OCC(O)CCOC)=CC2N(CCCO)C1=O. The van der Waals surface area contributed by atoms with Crippen molar-refractivity contribution in [1.82, 2.24) is 4.90 Å². The molecule has 31 heavy (non-hydrogen) atoms. The first-order chi connectivity index (χ1) is 15.1. The first-order valence-corrected chi connectivity index (χ1v) is 11.0. The van der Waals surface area contributed by atoms with Crippen molar-refractivity contribution in [2.24, 2.45) is 5.92 Å². The van der Waals surface area contributed by atoms with E-state index in [9.17, 15) is 15.0 Å². The van der Waals surface area contributed by atoms with Gasteiger partial charge in [0, 0.05) is 38.4 Å². The summed E-state index contributed by atoms with van der Waals surface area (Å²) in [5.74, 6) is 0.647. The van der Waals surface area contributed by atoms with Gasteiger partial charge in [0.2, 0.25) is 0 Å². The van der Waals surface area contributed by atoms with Gasteiger partial charge in [-0.15, -0.1) is 0 Å². The van der Waals surface area contributed by atoms with Crippen molar-refractivity contribution in [3.05, 3.63) is 65.5 Å². The molecule has 3 unspecified atom stereocenters. The van der Waals surface area contributed by atoms with Crippen LogP contribution in [0.1, 0.15) is 30.9 Å². The quantitative estimate of drug-likeness (QED) is 0.568. The zero-order valence-electron chi connectivity index (χ0n) is 18.4. The summed E-state index contributed by atoms with van der Waals surface area (Å²) < 4.78 is 10.8. The van der Waals surface area contributed by atoms with Crippen LogP contribution in [-0.2, 0) is 20.7 Å². The topological polar surface area (TPSA) is 79.2 Å². The number of hydrogen-bond acceptors (Lipinski definition) is 5. The van der Waals surface area contributed by atoms with Gasteiger partial charge in [-0.2, -0.15) is 0 Å². The Morgan fingerprint density at radius 3 is 2.77 bits per heavy atom. The lowest BCUT2D eigenvalue weighted by Crippen LogP contribution is -2.48. The lowest BCUT2D eigenvalue weighted by Gasteiger charge is -2.39. The molecule has 1 heterocycles. The molecule has 3 rings (SSSR count). The monoisotopic (exact) mass is 427 g/mol. The van der Waals surface area contributed by atoms with Crippen LogP contribution in [0.3, 0.4) is 0 Å². The van der Waals surface area contributed by atoms with Crippen LogP contribution in [0.15, 0.2) is 54.3 Å². The van der Waals surface area contributed by atoms with Crippen LogP contribution in [0.5, 0.6) is 0 Å². The second-order valence-corrected chi connectivity index (χ2v) is 7.91.